The number of thioether (sulfide) groups is 1. The van der Waals surface area contributed by atoms with E-state index in [1.165, 1.54) is 11.8 Å². The zero-order valence-electron chi connectivity index (χ0n) is 18.3. The predicted molar refractivity (Wildman–Crippen MR) is 124 cm³/mol. The number of nitrogens with one attached hydrogen (secondary N) is 2. The van der Waals surface area contributed by atoms with Crippen molar-refractivity contribution in [3.63, 3.8) is 0 Å². The lowest BCUT2D eigenvalue weighted by atomic mass is 10.1. The molecule has 1 atom stereocenters. The van der Waals surface area contributed by atoms with Gasteiger partial charge in [-0.25, -0.2) is 9.59 Å². The summed E-state index contributed by atoms with van der Waals surface area (Å²) in [6.45, 7) is 4.32. The number of amides is 2. The van der Waals surface area contributed by atoms with Gasteiger partial charge in [0.2, 0.25) is 0 Å². The number of carbonyl (C=O) groups excluding carboxylic acids is 2. The summed E-state index contributed by atoms with van der Waals surface area (Å²) in [4.78, 5) is 28.8. The highest BCUT2D eigenvalue weighted by molar-refractivity contribution is 7.99. The van der Waals surface area contributed by atoms with E-state index < -0.39 is 12.0 Å². The van der Waals surface area contributed by atoms with Crippen LogP contribution in [0.4, 0.5) is 4.79 Å². The molecular weight excluding hydrogens is 440 g/mol. The summed E-state index contributed by atoms with van der Waals surface area (Å²) in [5.74, 6) is 0.568. The van der Waals surface area contributed by atoms with Crippen LogP contribution in [0.5, 0.6) is 0 Å². The Morgan fingerprint density at radius 3 is 2.73 bits per heavy atom. The maximum Gasteiger partial charge on any atom is 0.337 e. The van der Waals surface area contributed by atoms with Crippen molar-refractivity contribution in [1.82, 2.24) is 30.4 Å². The van der Waals surface area contributed by atoms with E-state index in [4.69, 9.17) is 4.74 Å². The highest BCUT2D eigenvalue weighted by Gasteiger charge is 2.30. The van der Waals surface area contributed by atoms with E-state index in [1.807, 2.05) is 47.0 Å². The summed E-state index contributed by atoms with van der Waals surface area (Å²) in [6.07, 6.45) is 3.46. The molecule has 170 valence electrons. The van der Waals surface area contributed by atoms with Crippen LogP contribution in [-0.4, -0.2) is 50.2 Å². The average molecular weight is 465 g/mol. The summed E-state index contributed by atoms with van der Waals surface area (Å²) < 4.78 is 7.20. The number of benzene rings is 1. The Hall–Kier alpha value is -3.66. The van der Waals surface area contributed by atoms with E-state index in [1.54, 1.807) is 26.2 Å². The number of ether oxygens (including phenoxy) is 1. The van der Waals surface area contributed by atoms with Crippen LogP contribution in [0, 0.1) is 0 Å². The molecule has 0 unspecified atom stereocenters. The maximum atomic E-state index is 12.5. The molecule has 2 aromatic heterocycles. The molecule has 10 heteroatoms. The smallest absolute Gasteiger partial charge is 0.337 e. The molecule has 2 amide bonds. The minimum absolute atomic E-state index is 0.253. The molecule has 4 rings (SSSR count). The van der Waals surface area contributed by atoms with Gasteiger partial charge in [-0.2, -0.15) is 0 Å². The Bertz CT molecular complexity index is 1160. The number of hydrogen-bond donors (Lipinski definition) is 2. The van der Waals surface area contributed by atoms with Crippen molar-refractivity contribution >= 4 is 23.8 Å². The topological polar surface area (TPSA) is 111 Å². The van der Waals surface area contributed by atoms with Gasteiger partial charge in [-0.3, -0.25) is 9.55 Å². The lowest BCUT2D eigenvalue weighted by Crippen LogP contribution is -2.49. The summed E-state index contributed by atoms with van der Waals surface area (Å²) in [5, 5.41) is 14.9. The fraction of sp³-hybridized carbons (Fsp3) is 0.261. The zero-order chi connectivity index (χ0) is 23.2. The Kier molecular flexibility index (Phi) is 7.04. The number of urea groups is 1. The second kappa shape index (κ2) is 10.3. The van der Waals surface area contributed by atoms with Crippen LogP contribution in [-0.2, 0) is 16.1 Å². The second-order valence-corrected chi connectivity index (χ2v) is 8.28. The van der Waals surface area contributed by atoms with Gasteiger partial charge in [0.05, 0.1) is 24.8 Å². The van der Waals surface area contributed by atoms with Crippen molar-refractivity contribution in [2.75, 3.05) is 12.4 Å². The number of nitrogens with zero attached hydrogens (tertiary/aromatic N) is 4. The molecule has 2 N–H and O–H groups in total. The van der Waals surface area contributed by atoms with Crippen LogP contribution in [0.3, 0.4) is 0 Å². The Morgan fingerprint density at radius 1 is 1.18 bits per heavy atom. The van der Waals surface area contributed by atoms with Gasteiger partial charge in [0, 0.05) is 29.4 Å². The van der Waals surface area contributed by atoms with Crippen molar-refractivity contribution in [3.05, 3.63) is 71.7 Å². The van der Waals surface area contributed by atoms with Gasteiger partial charge in [-0.1, -0.05) is 42.1 Å². The minimum Gasteiger partial charge on any atom is -0.463 e. The van der Waals surface area contributed by atoms with E-state index >= 15 is 0 Å². The molecule has 3 heterocycles. The van der Waals surface area contributed by atoms with Crippen LogP contribution >= 0.6 is 11.8 Å². The molecule has 0 saturated carbocycles. The normalized spacial score (nSPS) is 15.7. The van der Waals surface area contributed by atoms with E-state index in [2.05, 4.69) is 25.8 Å². The third-order valence-corrected chi connectivity index (χ3v) is 6.02. The van der Waals surface area contributed by atoms with Crippen LogP contribution in [0.2, 0.25) is 0 Å². The molecule has 0 radical (unpaired) electrons. The summed E-state index contributed by atoms with van der Waals surface area (Å²) in [7, 11) is 0. The largest absolute Gasteiger partial charge is 0.463 e. The number of aromatic nitrogens is 4. The molecule has 0 saturated heterocycles. The van der Waals surface area contributed by atoms with Gasteiger partial charge >= 0.3 is 12.0 Å². The molecule has 3 aromatic rings. The van der Waals surface area contributed by atoms with Crippen LogP contribution in [0.25, 0.3) is 11.4 Å². The molecule has 33 heavy (non-hydrogen) atoms. The molecule has 1 aliphatic rings. The standard InChI is InChI=1S/C23H24N6O3S/c1-3-32-21(30)19-15(2)25-22(31)26-18(19)14-33-23-28-27-20(17-10-7-11-24-12-17)29(23)13-16-8-5-4-6-9-16/h4-12,15H,3,13-14H2,1-2H3,(H2,25,26,31)/t15-/m0/s1. The van der Waals surface area contributed by atoms with E-state index in [0.717, 1.165) is 11.1 Å². The maximum absolute atomic E-state index is 12.5. The number of carbonyl (C=O) groups is 2. The molecule has 1 aromatic carbocycles. The Balaban J connectivity index is 1.66. The molecule has 0 bridgehead atoms. The summed E-state index contributed by atoms with van der Waals surface area (Å²) in [5.41, 5.74) is 2.86. The van der Waals surface area contributed by atoms with Gasteiger partial charge in [-0.15, -0.1) is 10.2 Å². The first-order valence-corrected chi connectivity index (χ1v) is 11.5. The van der Waals surface area contributed by atoms with E-state index in [-0.39, 0.29) is 12.6 Å². The van der Waals surface area contributed by atoms with Crippen molar-refractivity contribution in [3.8, 4) is 11.4 Å². The predicted octanol–water partition coefficient (Wildman–Crippen LogP) is 3.00. The highest BCUT2D eigenvalue weighted by Crippen LogP contribution is 2.27. The Labute approximate surface area is 195 Å². The first kappa shape index (κ1) is 22.5. The van der Waals surface area contributed by atoms with Crippen LogP contribution in [0.1, 0.15) is 19.4 Å². The van der Waals surface area contributed by atoms with Gasteiger partial charge < -0.3 is 15.4 Å². The number of esters is 1. The lowest BCUT2D eigenvalue weighted by molar-refractivity contribution is -0.138. The monoisotopic (exact) mass is 464 g/mol. The molecular formula is C23H24N6O3S. The molecule has 9 nitrogen and oxygen atoms in total. The van der Waals surface area contributed by atoms with Gasteiger partial charge in [0.25, 0.3) is 0 Å². The molecule has 0 spiro atoms. The fourth-order valence-corrected chi connectivity index (χ4v) is 4.45. The van der Waals surface area contributed by atoms with E-state index in [9.17, 15) is 9.59 Å². The van der Waals surface area contributed by atoms with E-state index in [0.29, 0.717) is 34.5 Å². The van der Waals surface area contributed by atoms with Crippen molar-refractivity contribution in [2.24, 2.45) is 0 Å². The van der Waals surface area contributed by atoms with Crippen LogP contribution in [0.15, 0.2) is 71.3 Å². The minimum atomic E-state index is -0.457. The van der Waals surface area contributed by atoms with Gasteiger partial charge in [0.1, 0.15) is 0 Å². The number of pyridine rings is 1. The lowest BCUT2D eigenvalue weighted by Gasteiger charge is -2.26. The zero-order valence-corrected chi connectivity index (χ0v) is 19.1. The molecule has 0 aliphatic carbocycles. The van der Waals surface area contributed by atoms with Crippen molar-refractivity contribution < 1.29 is 14.3 Å². The number of rotatable bonds is 8. The highest BCUT2D eigenvalue weighted by atomic mass is 32.2. The van der Waals surface area contributed by atoms with Crippen LogP contribution < -0.4 is 10.6 Å². The van der Waals surface area contributed by atoms with Crippen molar-refractivity contribution in [1.29, 1.82) is 0 Å². The molecule has 0 fully saturated rings. The quantitative estimate of drug-likeness (QED) is 0.389. The summed E-state index contributed by atoms with van der Waals surface area (Å²) in [6, 6.07) is 13.0. The summed E-state index contributed by atoms with van der Waals surface area (Å²) >= 11 is 1.39. The van der Waals surface area contributed by atoms with Crippen molar-refractivity contribution in [2.45, 2.75) is 31.6 Å². The second-order valence-electron chi connectivity index (χ2n) is 7.34. The van der Waals surface area contributed by atoms with Gasteiger partial charge in [0.15, 0.2) is 11.0 Å². The third kappa shape index (κ3) is 5.23. The Morgan fingerprint density at radius 2 is 2.00 bits per heavy atom. The third-order valence-electron chi connectivity index (χ3n) is 5.03. The molecule has 1 aliphatic heterocycles. The first-order chi connectivity index (χ1) is 16.1. The fourth-order valence-electron chi connectivity index (χ4n) is 3.54. The first-order valence-electron chi connectivity index (χ1n) is 10.5. The SMILES string of the molecule is CCOC(=O)C1=C(CSc2nnc(-c3cccnc3)n2Cc2ccccc2)NC(=O)N[C@H]1C. The van der Waals surface area contributed by atoms with Gasteiger partial charge in [-0.05, 0) is 31.5 Å². The average Bonchev–Trinajstić information content (AvgIpc) is 3.21. The number of hydrogen-bond acceptors (Lipinski definition) is 7.